The van der Waals surface area contributed by atoms with Crippen LogP contribution in [-0.2, 0) is 0 Å². The van der Waals surface area contributed by atoms with Gasteiger partial charge in [0.15, 0.2) is 5.69 Å². The van der Waals surface area contributed by atoms with Gasteiger partial charge >= 0.3 is 5.97 Å². The molecule has 0 spiro atoms. The van der Waals surface area contributed by atoms with Gasteiger partial charge in [-0.05, 0) is 24.3 Å². The first-order valence-electron chi connectivity index (χ1n) is 8.36. The van der Waals surface area contributed by atoms with E-state index in [9.17, 15) is 9.90 Å². The zero-order chi connectivity index (χ0) is 20.4. The van der Waals surface area contributed by atoms with Crippen molar-refractivity contribution >= 4 is 23.6 Å². The highest BCUT2D eigenvalue weighted by molar-refractivity contribution is 5.92. The molecule has 4 rings (SSSR count). The fourth-order valence-corrected chi connectivity index (χ4v) is 2.57. The molecule has 0 aliphatic rings. The van der Waals surface area contributed by atoms with Crippen molar-refractivity contribution in [2.45, 2.75) is 0 Å². The fourth-order valence-electron chi connectivity index (χ4n) is 2.57. The summed E-state index contributed by atoms with van der Waals surface area (Å²) in [6.07, 6.45) is 1.36. The number of nitrogen functional groups attached to an aromatic ring is 1. The van der Waals surface area contributed by atoms with E-state index in [1.165, 1.54) is 12.3 Å². The zero-order valence-corrected chi connectivity index (χ0v) is 15.1. The van der Waals surface area contributed by atoms with Crippen LogP contribution >= 0.6 is 0 Å². The van der Waals surface area contributed by atoms with Gasteiger partial charge in [0.05, 0.1) is 5.56 Å². The van der Waals surface area contributed by atoms with Crippen LogP contribution in [0.25, 0.3) is 23.1 Å². The van der Waals surface area contributed by atoms with E-state index in [2.05, 4.69) is 30.1 Å². The molecule has 3 aromatic heterocycles. The number of carboxylic acid groups (broad SMARTS) is 1. The predicted molar refractivity (Wildman–Crippen MR) is 102 cm³/mol. The highest BCUT2D eigenvalue weighted by Gasteiger charge is 2.21. The summed E-state index contributed by atoms with van der Waals surface area (Å²) in [5.41, 5.74) is 6.65. The Balaban J connectivity index is 1.72. The van der Waals surface area contributed by atoms with Crippen LogP contribution < -0.4 is 10.6 Å². The van der Waals surface area contributed by atoms with Crippen LogP contribution in [0, 0.1) is 0 Å². The molecule has 4 aromatic rings. The van der Waals surface area contributed by atoms with Gasteiger partial charge in [-0.1, -0.05) is 23.4 Å². The highest BCUT2D eigenvalue weighted by Crippen LogP contribution is 2.25. The quantitative estimate of drug-likeness (QED) is 0.513. The number of pyridine rings is 1. The van der Waals surface area contributed by atoms with Crippen molar-refractivity contribution in [1.82, 2.24) is 30.1 Å². The summed E-state index contributed by atoms with van der Waals surface area (Å²) in [7, 11) is 1.78. The van der Waals surface area contributed by atoms with Gasteiger partial charge in [-0.2, -0.15) is 19.9 Å². The molecule has 0 bridgehead atoms. The van der Waals surface area contributed by atoms with Gasteiger partial charge in [0.2, 0.25) is 23.5 Å². The monoisotopic (exact) mass is 390 g/mol. The third kappa shape index (κ3) is 3.56. The molecule has 0 saturated carbocycles. The number of aromatic carboxylic acids is 1. The van der Waals surface area contributed by atoms with Crippen LogP contribution in [0.1, 0.15) is 10.5 Å². The van der Waals surface area contributed by atoms with Crippen LogP contribution in [0.3, 0.4) is 0 Å². The molecule has 11 heteroatoms. The molecule has 0 aliphatic carbocycles. The highest BCUT2D eigenvalue weighted by atomic mass is 16.5. The summed E-state index contributed by atoms with van der Waals surface area (Å²) in [4.78, 5) is 33.7. The number of hydrogen-bond donors (Lipinski definition) is 2. The maximum atomic E-state index is 11.4. The van der Waals surface area contributed by atoms with E-state index in [1.54, 1.807) is 18.0 Å². The van der Waals surface area contributed by atoms with Crippen molar-refractivity contribution in [3.8, 4) is 23.1 Å². The van der Waals surface area contributed by atoms with E-state index in [4.69, 9.17) is 10.3 Å². The van der Waals surface area contributed by atoms with Crippen LogP contribution in [0.4, 0.5) is 17.6 Å². The Morgan fingerprint density at radius 1 is 1.03 bits per heavy atom. The van der Waals surface area contributed by atoms with E-state index in [1.807, 2.05) is 30.3 Å². The largest absolute Gasteiger partial charge is 0.476 e. The molecule has 0 radical (unpaired) electrons. The van der Waals surface area contributed by atoms with Crippen molar-refractivity contribution in [3.05, 3.63) is 54.4 Å². The normalized spacial score (nSPS) is 10.7. The number of anilines is 3. The van der Waals surface area contributed by atoms with Crippen LogP contribution in [0.2, 0.25) is 0 Å². The van der Waals surface area contributed by atoms with E-state index in [0.29, 0.717) is 0 Å². The molecule has 0 saturated heterocycles. The summed E-state index contributed by atoms with van der Waals surface area (Å²) in [6, 6.07) is 12.5. The lowest BCUT2D eigenvalue weighted by Gasteiger charge is -2.17. The first-order chi connectivity index (χ1) is 14.0. The maximum absolute atomic E-state index is 11.4. The van der Waals surface area contributed by atoms with Gasteiger partial charge in [-0.3, -0.25) is 0 Å². The molecule has 0 fully saturated rings. The first kappa shape index (κ1) is 18.0. The number of rotatable bonds is 5. The molecule has 1 aromatic carbocycles. The van der Waals surface area contributed by atoms with Gasteiger partial charge in [0.25, 0.3) is 5.89 Å². The number of nitrogens with two attached hydrogens (primary N) is 1. The molecule has 0 atom stereocenters. The number of hydrogen-bond acceptors (Lipinski definition) is 10. The Morgan fingerprint density at radius 3 is 2.59 bits per heavy atom. The summed E-state index contributed by atoms with van der Waals surface area (Å²) in [5, 5.41) is 13.1. The predicted octanol–water partition coefficient (Wildman–Crippen LogP) is 2.03. The SMILES string of the molecule is CN(c1ccccc1)c1nc(N)nc(-c2noc(-c3cccnc3C(=O)O)n2)n1. The third-order valence-electron chi connectivity index (χ3n) is 3.95. The van der Waals surface area contributed by atoms with Crippen molar-refractivity contribution in [1.29, 1.82) is 0 Å². The molecule has 3 N–H and O–H groups in total. The summed E-state index contributed by atoms with van der Waals surface area (Å²) in [5.74, 6) is -0.841. The second-order valence-electron chi connectivity index (χ2n) is 5.84. The average molecular weight is 390 g/mol. The number of benzene rings is 1. The number of aromatic nitrogens is 6. The maximum Gasteiger partial charge on any atom is 0.355 e. The lowest BCUT2D eigenvalue weighted by molar-refractivity contribution is 0.0691. The Morgan fingerprint density at radius 2 is 1.83 bits per heavy atom. The van der Waals surface area contributed by atoms with Crippen molar-refractivity contribution in [2.75, 3.05) is 17.7 Å². The summed E-state index contributed by atoms with van der Waals surface area (Å²) < 4.78 is 5.20. The number of carboxylic acids is 1. The summed E-state index contributed by atoms with van der Waals surface area (Å²) in [6.45, 7) is 0. The smallest absolute Gasteiger partial charge is 0.355 e. The van der Waals surface area contributed by atoms with Crippen molar-refractivity contribution in [3.63, 3.8) is 0 Å². The minimum Gasteiger partial charge on any atom is -0.476 e. The van der Waals surface area contributed by atoms with Gasteiger partial charge in [-0.25, -0.2) is 9.78 Å². The van der Waals surface area contributed by atoms with Crippen LogP contribution in [0.15, 0.2) is 53.2 Å². The zero-order valence-electron chi connectivity index (χ0n) is 15.1. The van der Waals surface area contributed by atoms with Crippen molar-refractivity contribution < 1.29 is 14.4 Å². The summed E-state index contributed by atoms with van der Waals surface area (Å²) >= 11 is 0. The minimum absolute atomic E-state index is 0.0215. The van der Waals surface area contributed by atoms with E-state index < -0.39 is 5.97 Å². The Bertz CT molecular complexity index is 1180. The van der Waals surface area contributed by atoms with Crippen LogP contribution in [-0.4, -0.2) is 48.2 Å². The lowest BCUT2D eigenvalue weighted by atomic mass is 10.2. The van der Waals surface area contributed by atoms with Crippen molar-refractivity contribution in [2.24, 2.45) is 0 Å². The molecule has 0 amide bonds. The standard InChI is InChI=1S/C18H14N8O3/c1-26(10-6-3-2-4-7-10)18-23-13(22-17(19)24-18)14-21-15(29-25-14)11-8-5-9-20-12(11)16(27)28/h2-9H,1H3,(H,27,28)(H2,19,22,23,24). The molecule has 0 aliphatic heterocycles. The topological polar surface area (TPSA) is 157 Å². The van der Waals surface area contributed by atoms with Crippen LogP contribution in [0.5, 0.6) is 0 Å². The average Bonchev–Trinajstić information content (AvgIpc) is 3.23. The fraction of sp³-hybridized carbons (Fsp3) is 0.0556. The number of nitrogens with zero attached hydrogens (tertiary/aromatic N) is 7. The molecular formula is C18H14N8O3. The Kier molecular flexibility index (Phi) is 4.53. The second-order valence-corrected chi connectivity index (χ2v) is 5.84. The molecule has 3 heterocycles. The number of carbonyl (C=O) groups is 1. The molecule has 0 unspecified atom stereocenters. The van der Waals surface area contributed by atoms with E-state index in [-0.39, 0.29) is 40.7 Å². The first-order valence-corrected chi connectivity index (χ1v) is 8.36. The minimum atomic E-state index is -1.21. The van der Waals surface area contributed by atoms with Gasteiger partial charge < -0.3 is 20.3 Å². The second kappa shape index (κ2) is 7.31. The molecule has 11 nitrogen and oxygen atoms in total. The van der Waals surface area contributed by atoms with E-state index in [0.717, 1.165) is 5.69 Å². The van der Waals surface area contributed by atoms with Gasteiger partial charge in [0.1, 0.15) is 0 Å². The Hall–Kier alpha value is -4.41. The molecule has 29 heavy (non-hydrogen) atoms. The molecular weight excluding hydrogens is 376 g/mol. The third-order valence-corrected chi connectivity index (χ3v) is 3.95. The van der Waals surface area contributed by atoms with E-state index >= 15 is 0 Å². The Labute approximate surface area is 163 Å². The van der Waals surface area contributed by atoms with Gasteiger partial charge in [-0.15, -0.1) is 0 Å². The number of para-hydroxylation sites is 1. The molecule has 144 valence electrons. The lowest BCUT2D eigenvalue weighted by Crippen LogP contribution is -2.15. The van der Waals surface area contributed by atoms with Gasteiger partial charge in [0, 0.05) is 18.9 Å².